The molecule has 0 saturated heterocycles. The standard InChI is InChI=1S/C27H44O3/c1-17(6-5-7-18(2)25(29)30)22-10-11-23-21-9-8-19-16-20(28)12-14-26(19,3)24(21)13-15-27(22,23)4/h16-18,21-25,29-30H,5-15H2,1-4H3/t17-,18+,21+,22-,23+,24+,26+,27-/m1/s1. The molecule has 8 atom stereocenters. The van der Waals surface area contributed by atoms with E-state index in [9.17, 15) is 15.0 Å². The van der Waals surface area contributed by atoms with Crippen LogP contribution in [0.3, 0.4) is 0 Å². The summed E-state index contributed by atoms with van der Waals surface area (Å²) in [6.45, 7) is 9.49. The van der Waals surface area contributed by atoms with E-state index in [0.717, 1.165) is 61.7 Å². The minimum Gasteiger partial charge on any atom is -0.368 e. The molecule has 170 valence electrons. The zero-order chi connectivity index (χ0) is 21.7. The molecule has 0 aromatic heterocycles. The molecule has 0 spiro atoms. The van der Waals surface area contributed by atoms with Crippen LogP contribution in [0.1, 0.15) is 98.3 Å². The lowest BCUT2D eigenvalue weighted by Gasteiger charge is -2.58. The fourth-order valence-electron chi connectivity index (χ4n) is 8.65. The summed E-state index contributed by atoms with van der Waals surface area (Å²) in [6.07, 6.45) is 13.8. The van der Waals surface area contributed by atoms with Gasteiger partial charge in [0.15, 0.2) is 12.1 Å². The number of ketones is 1. The van der Waals surface area contributed by atoms with E-state index < -0.39 is 6.29 Å². The molecule has 3 fully saturated rings. The summed E-state index contributed by atoms with van der Waals surface area (Å²) >= 11 is 0. The Kier molecular flexibility index (Phi) is 6.27. The van der Waals surface area contributed by atoms with Gasteiger partial charge in [-0.05, 0) is 97.9 Å². The SMILES string of the molecule is C[C@H](CCC[C@H](C)C(O)O)[C@H]1CC[C@H]2[C@@H]3CCC4=CC(=O)CC[C@]4(C)[C@H]3CC[C@]12C. The zero-order valence-corrected chi connectivity index (χ0v) is 19.7. The third-order valence-corrected chi connectivity index (χ3v) is 10.6. The first kappa shape index (κ1) is 22.5. The van der Waals surface area contributed by atoms with Gasteiger partial charge in [-0.2, -0.15) is 0 Å². The van der Waals surface area contributed by atoms with Crippen molar-refractivity contribution in [3.63, 3.8) is 0 Å². The van der Waals surface area contributed by atoms with Crippen molar-refractivity contribution in [3.05, 3.63) is 11.6 Å². The van der Waals surface area contributed by atoms with Crippen LogP contribution in [-0.4, -0.2) is 22.3 Å². The maximum absolute atomic E-state index is 12.0. The molecular weight excluding hydrogens is 372 g/mol. The Morgan fingerprint density at radius 2 is 1.77 bits per heavy atom. The predicted molar refractivity (Wildman–Crippen MR) is 121 cm³/mol. The van der Waals surface area contributed by atoms with Gasteiger partial charge in [0.25, 0.3) is 0 Å². The van der Waals surface area contributed by atoms with E-state index in [2.05, 4.69) is 20.8 Å². The van der Waals surface area contributed by atoms with E-state index in [1.165, 1.54) is 44.1 Å². The van der Waals surface area contributed by atoms with Crippen molar-refractivity contribution < 1.29 is 15.0 Å². The maximum atomic E-state index is 12.0. The number of hydrogen-bond donors (Lipinski definition) is 2. The highest BCUT2D eigenvalue weighted by atomic mass is 16.5. The van der Waals surface area contributed by atoms with E-state index in [1.54, 1.807) is 0 Å². The molecule has 4 aliphatic carbocycles. The second-order valence-electron chi connectivity index (χ2n) is 12.0. The maximum Gasteiger partial charge on any atom is 0.155 e. The molecule has 4 aliphatic rings. The van der Waals surface area contributed by atoms with Gasteiger partial charge in [-0.1, -0.05) is 46.1 Å². The van der Waals surface area contributed by atoms with Crippen molar-refractivity contribution in [2.75, 3.05) is 0 Å². The van der Waals surface area contributed by atoms with Crippen LogP contribution in [0.2, 0.25) is 0 Å². The van der Waals surface area contributed by atoms with Crippen molar-refractivity contribution in [2.45, 2.75) is 105 Å². The number of aliphatic hydroxyl groups excluding tert-OH is 1. The number of hydrogen-bond acceptors (Lipinski definition) is 3. The smallest absolute Gasteiger partial charge is 0.155 e. The van der Waals surface area contributed by atoms with Crippen LogP contribution in [0.5, 0.6) is 0 Å². The topological polar surface area (TPSA) is 57.5 Å². The first-order chi connectivity index (χ1) is 14.2. The fourth-order valence-corrected chi connectivity index (χ4v) is 8.65. The first-order valence-electron chi connectivity index (χ1n) is 12.8. The zero-order valence-electron chi connectivity index (χ0n) is 19.7. The average Bonchev–Trinajstić information content (AvgIpc) is 3.05. The monoisotopic (exact) mass is 416 g/mol. The minimum absolute atomic E-state index is 0.0211. The summed E-state index contributed by atoms with van der Waals surface area (Å²) < 4.78 is 0. The van der Waals surface area contributed by atoms with Gasteiger partial charge in [0.05, 0.1) is 0 Å². The van der Waals surface area contributed by atoms with Gasteiger partial charge < -0.3 is 10.2 Å². The Bertz CT molecular complexity index is 682. The van der Waals surface area contributed by atoms with Gasteiger partial charge in [-0.15, -0.1) is 0 Å². The molecule has 0 aliphatic heterocycles. The summed E-state index contributed by atoms with van der Waals surface area (Å²) in [4.78, 5) is 12.0. The summed E-state index contributed by atoms with van der Waals surface area (Å²) in [5.41, 5.74) is 2.24. The van der Waals surface area contributed by atoms with Gasteiger partial charge in [0.2, 0.25) is 0 Å². The second kappa shape index (κ2) is 8.35. The number of carbonyl (C=O) groups excluding carboxylic acids is 1. The second-order valence-corrected chi connectivity index (χ2v) is 12.0. The van der Waals surface area contributed by atoms with Gasteiger partial charge in [0, 0.05) is 12.3 Å². The van der Waals surface area contributed by atoms with Crippen molar-refractivity contribution in [1.29, 1.82) is 0 Å². The Balaban J connectivity index is 1.44. The van der Waals surface area contributed by atoms with Crippen LogP contribution in [0.4, 0.5) is 0 Å². The molecule has 3 heteroatoms. The number of carbonyl (C=O) groups is 1. The molecule has 0 bridgehead atoms. The quantitative estimate of drug-likeness (QED) is 0.531. The van der Waals surface area contributed by atoms with Gasteiger partial charge in [0.1, 0.15) is 0 Å². The molecular formula is C27H44O3. The number of aliphatic hydroxyl groups is 2. The van der Waals surface area contributed by atoms with Crippen molar-refractivity contribution in [2.24, 2.45) is 46.3 Å². The number of allylic oxidation sites excluding steroid dienone is 1. The van der Waals surface area contributed by atoms with Crippen molar-refractivity contribution in [1.82, 2.24) is 0 Å². The van der Waals surface area contributed by atoms with Crippen LogP contribution in [0.15, 0.2) is 11.6 Å². The highest BCUT2D eigenvalue weighted by Gasteiger charge is 2.59. The molecule has 4 rings (SSSR count). The van der Waals surface area contributed by atoms with Gasteiger partial charge in [-0.25, -0.2) is 0 Å². The van der Waals surface area contributed by atoms with E-state index in [0.29, 0.717) is 11.2 Å². The molecule has 30 heavy (non-hydrogen) atoms. The number of rotatable bonds is 6. The van der Waals surface area contributed by atoms with Crippen molar-refractivity contribution >= 4 is 5.78 Å². The summed E-state index contributed by atoms with van der Waals surface area (Å²) in [5, 5.41) is 18.7. The van der Waals surface area contributed by atoms with E-state index in [1.807, 2.05) is 13.0 Å². The van der Waals surface area contributed by atoms with Crippen LogP contribution in [0.25, 0.3) is 0 Å². The van der Waals surface area contributed by atoms with E-state index in [-0.39, 0.29) is 11.3 Å². The van der Waals surface area contributed by atoms with Gasteiger partial charge in [-0.3, -0.25) is 4.79 Å². The third kappa shape index (κ3) is 3.72. The molecule has 3 saturated carbocycles. The fraction of sp³-hybridized carbons (Fsp3) is 0.889. The molecule has 0 amide bonds. The summed E-state index contributed by atoms with van der Waals surface area (Å²) in [5.74, 6) is 4.37. The third-order valence-electron chi connectivity index (χ3n) is 10.6. The normalized spacial score (nSPS) is 42.9. The Hall–Kier alpha value is -0.670. The lowest BCUT2D eigenvalue weighted by Crippen LogP contribution is -2.50. The molecule has 0 unspecified atom stereocenters. The molecule has 2 N–H and O–H groups in total. The predicted octanol–water partition coefficient (Wildman–Crippen LogP) is 5.89. The lowest BCUT2D eigenvalue weighted by molar-refractivity contribution is -0.117. The highest BCUT2D eigenvalue weighted by molar-refractivity contribution is 5.91. The molecule has 3 nitrogen and oxygen atoms in total. The summed E-state index contributed by atoms with van der Waals surface area (Å²) in [7, 11) is 0. The van der Waals surface area contributed by atoms with Crippen LogP contribution >= 0.6 is 0 Å². The van der Waals surface area contributed by atoms with Crippen LogP contribution < -0.4 is 0 Å². The van der Waals surface area contributed by atoms with E-state index >= 15 is 0 Å². The first-order valence-corrected chi connectivity index (χ1v) is 12.8. The molecule has 0 aromatic rings. The molecule has 0 heterocycles. The number of fused-ring (bicyclic) bond motifs is 5. The minimum atomic E-state index is -1.18. The Labute approximate surface area is 183 Å². The van der Waals surface area contributed by atoms with Crippen LogP contribution in [0, 0.1) is 46.3 Å². The molecule has 0 aromatic carbocycles. The highest BCUT2D eigenvalue weighted by Crippen LogP contribution is 2.67. The van der Waals surface area contributed by atoms with Crippen LogP contribution in [-0.2, 0) is 4.79 Å². The van der Waals surface area contributed by atoms with E-state index in [4.69, 9.17) is 0 Å². The largest absolute Gasteiger partial charge is 0.368 e. The Morgan fingerprint density at radius 3 is 2.50 bits per heavy atom. The lowest BCUT2D eigenvalue weighted by atomic mass is 9.46. The average molecular weight is 417 g/mol. The summed E-state index contributed by atoms with van der Waals surface area (Å²) in [6, 6.07) is 0. The van der Waals surface area contributed by atoms with Crippen molar-refractivity contribution in [3.8, 4) is 0 Å². The molecule has 0 radical (unpaired) electrons. The van der Waals surface area contributed by atoms with Gasteiger partial charge >= 0.3 is 0 Å². The Morgan fingerprint density at radius 1 is 1.00 bits per heavy atom.